The molecule has 1 amide bonds. The van der Waals surface area contributed by atoms with Crippen molar-refractivity contribution < 1.29 is 38.4 Å². The van der Waals surface area contributed by atoms with Crippen molar-refractivity contribution in [2.45, 2.75) is 38.3 Å². The molecule has 1 N–H and O–H groups in total. The quantitative estimate of drug-likeness (QED) is 0.371. The number of esters is 1. The molecule has 0 aliphatic carbocycles. The van der Waals surface area contributed by atoms with Crippen LogP contribution in [0.4, 0.5) is 0 Å². The van der Waals surface area contributed by atoms with E-state index < -0.39 is 18.5 Å². The largest absolute Gasteiger partial charge is 0.465 e. The maximum atomic E-state index is 13.2. The lowest BCUT2D eigenvalue weighted by Crippen LogP contribution is -2.42. The van der Waals surface area contributed by atoms with E-state index in [1.807, 2.05) is 19.1 Å². The Kier molecular flexibility index (Phi) is 10.8. The van der Waals surface area contributed by atoms with Crippen molar-refractivity contribution in [3.05, 3.63) is 47.2 Å². The van der Waals surface area contributed by atoms with Crippen LogP contribution in [-0.4, -0.2) is 82.6 Å². The van der Waals surface area contributed by atoms with Gasteiger partial charge >= 0.3 is 5.97 Å². The molecule has 184 valence electrons. The number of hydrogen-bond donors (Lipinski definition) is 1. The van der Waals surface area contributed by atoms with Crippen LogP contribution in [-0.2, 0) is 28.5 Å². The lowest BCUT2D eigenvalue weighted by molar-refractivity contribution is -0.172. The van der Waals surface area contributed by atoms with Crippen LogP contribution in [0.3, 0.4) is 0 Å². The van der Waals surface area contributed by atoms with E-state index in [2.05, 4.69) is 0 Å². The van der Waals surface area contributed by atoms with Gasteiger partial charge in [0.25, 0.3) is 5.91 Å². The Balaban J connectivity index is 2.40. The van der Waals surface area contributed by atoms with Crippen LogP contribution in [0.1, 0.15) is 41.6 Å². The zero-order valence-electron chi connectivity index (χ0n) is 20.0. The number of likely N-dealkylation sites (N-methyl/N-ethyl adjacent to an activating group) is 1. The minimum atomic E-state index is -0.662. The highest BCUT2D eigenvalue weighted by Crippen LogP contribution is 2.39. The number of methoxy groups -OCH3 is 3. The van der Waals surface area contributed by atoms with Crippen LogP contribution >= 0.6 is 0 Å². The smallest absolute Gasteiger partial charge is 0.337 e. The predicted molar refractivity (Wildman–Crippen MR) is 120 cm³/mol. The number of carbonyl (C=O) groups excluding carboxylic acids is 2. The summed E-state index contributed by atoms with van der Waals surface area (Å²) in [6.07, 6.45) is 1.76. The lowest BCUT2D eigenvalue weighted by Gasteiger charge is -2.38. The average Bonchev–Trinajstić information content (AvgIpc) is 2.85. The van der Waals surface area contributed by atoms with Crippen LogP contribution in [0.15, 0.2) is 36.1 Å². The van der Waals surface area contributed by atoms with Crippen molar-refractivity contribution in [3.8, 4) is 0 Å². The monoisotopic (exact) mass is 465 g/mol. The standard InChI is InChI=1S/C24H35NO8/c1-6-32-24-18(8-7-13-26)19(16-9-11-17(12-10-16)23(28)31-5)14-20(33-24)22(27)25(2)15-21(29-3)30-4/h9-12,14,18-19,21,24,26H,6-8,13,15H2,1-5H3. The van der Waals surface area contributed by atoms with E-state index in [9.17, 15) is 14.7 Å². The summed E-state index contributed by atoms with van der Waals surface area (Å²) in [6, 6.07) is 7.06. The van der Waals surface area contributed by atoms with Crippen molar-refractivity contribution in [2.75, 3.05) is 48.1 Å². The second kappa shape index (κ2) is 13.3. The predicted octanol–water partition coefficient (Wildman–Crippen LogP) is 2.30. The third-order valence-electron chi connectivity index (χ3n) is 5.63. The summed E-state index contributed by atoms with van der Waals surface area (Å²) >= 11 is 0. The molecule has 1 aliphatic heterocycles. The number of amides is 1. The van der Waals surface area contributed by atoms with Gasteiger partial charge in [-0.2, -0.15) is 0 Å². The van der Waals surface area contributed by atoms with Gasteiger partial charge in [-0.3, -0.25) is 4.79 Å². The molecule has 0 radical (unpaired) electrons. The van der Waals surface area contributed by atoms with Gasteiger partial charge in [0.2, 0.25) is 6.29 Å². The summed E-state index contributed by atoms with van der Waals surface area (Å²) in [5.41, 5.74) is 1.34. The first-order valence-electron chi connectivity index (χ1n) is 11.0. The molecule has 0 bridgehead atoms. The second-order valence-corrected chi connectivity index (χ2v) is 7.73. The van der Waals surface area contributed by atoms with Gasteiger partial charge in [0.1, 0.15) is 0 Å². The molecule has 0 spiro atoms. The minimum Gasteiger partial charge on any atom is -0.465 e. The molecule has 1 aliphatic rings. The first kappa shape index (κ1) is 26.8. The van der Waals surface area contributed by atoms with Crippen molar-refractivity contribution in [1.82, 2.24) is 4.90 Å². The lowest BCUT2D eigenvalue weighted by atomic mass is 9.80. The molecule has 9 nitrogen and oxygen atoms in total. The van der Waals surface area contributed by atoms with Gasteiger partial charge in [-0.15, -0.1) is 0 Å². The zero-order valence-corrected chi connectivity index (χ0v) is 20.0. The second-order valence-electron chi connectivity index (χ2n) is 7.73. The van der Waals surface area contributed by atoms with E-state index in [0.29, 0.717) is 25.0 Å². The fourth-order valence-corrected chi connectivity index (χ4v) is 3.84. The van der Waals surface area contributed by atoms with Crippen LogP contribution in [0.25, 0.3) is 0 Å². The van der Waals surface area contributed by atoms with Crippen molar-refractivity contribution in [3.63, 3.8) is 0 Å². The Morgan fingerprint density at radius 3 is 2.36 bits per heavy atom. The molecule has 1 aromatic carbocycles. The average molecular weight is 466 g/mol. The minimum absolute atomic E-state index is 0.0387. The van der Waals surface area contributed by atoms with Gasteiger partial charge < -0.3 is 33.7 Å². The topological polar surface area (TPSA) is 104 Å². The fraction of sp³-hybridized carbons (Fsp3) is 0.583. The van der Waals surface area contributed by atoms with Crippen molar-refractivity contribution in [1.29, 1.82) is 0 Å². The normalized spacial score (nSPS) is 20.2. The summed E-state index contributed by atoms with van der Waals surface area (Å²) < 4.78 is 27.1. The first-order chi connectivity index (χ1) is 15.9. The number of aliphatic hydroxyl groups excluding tert-OH is 1. The molecule has 0 saturated heterocycles. The van der Waals surface area contributed by atoms with Gasteiger partial charge in [-0.25, -0.2) is 4.79 Å². The van der Waals surface area contributed by atoms with Gasteiger partial charge in [0.15, 0.2) is 12.0 Å². The Hall–Kier alpha value is -2.46. The third-order valence-corrected chi connectivity index (χ3v) is 5.63. The first-order valence-corrected chi connectivity index (χ1v) is 11.0. The molecular formula is C24H35NO8. The van der Waals surface area contributed by atoms with E-state index in [0.717, 1.165) is 5.56 Å². The van der Waals surface area contributed by atoms with Gasteiger partial charge in [-0.1, -0.05) is 12.1 Å². The highest BCUT2D eigenvalue weighted by Gasteiger charge is 2.38. The molecule has 3 unspecified atom stereocenters. The summed E-state index contributed by atoms with van der Waals surface area (Å²) in [4.78, 5) is 26.5. The number of ether oxygens (including phenoxy) is 5. The summed E-state index contributed by atoms with van der Waals surface area (Å²) in [7, 11) is 5.99. The molecule has 1 heterocycles. The summed E-state index contributed by atoms with van der Waals surface area (Å²) in [5.74, 6) is -0.925. The van der Waals surface area contributed by atoms with Crippen LogP contribution in [0.5, 0.6) is 0 Å². The maximum absolute atomic E-state index is 13.2. The molecule has 0 aromatic heterocycles. The van der Waals surface area contributed by atoms with Crippen molar-refractivity contribution in [2.24, 2.45) is 5.92 Å². The number of allylic oxidation sites excluding steroid dienone is 1. The number of nitrogens with zero attached hydrogens (tertiary/aromatic N) is 1. The number of rotatable bonds is 12. The van der Waals surface area contributed by atoms with Crippen LogP contribution in [0.2, 0.25) is 0 Å². The molecular weight excluding hydrogens is 430 g/mol. The maximum Gasteiger partial charge on any atom is 0.337 e. The Bertz CT molecular complexity index is 790. The number of hydrogen-bond acceptors (Lipinski definition) is 8. The van der Waals surface area contributed by atoms with Gasteiger partial charge in [-0.05, 0) is 43.5 Å². The fourth-order valence-electron chi connectivity index (χ4n) is 3.84. The molecule has 0 fully saturated rings. The highest BCUT2D eigenvalue weighted by molar-refractivity contribution is 5.91. The summed E-state index contributed by atoms with van der Waals surface area (Å²) in [5, 5.41) is 9.41. The van der Waals surface area contributed by atoms with Crippen LogP contribution < -0.4 is 0 Å². The third kappa shape index (κ3) is 7.01. The van der Waals surface area contributed by atoms with E-state index in [1.54, 1.807) is 25.3 Å². The highest BCUT2D eigenvalue weighted by atomic mass is 16.7. The number of aliphatic hydroxyl groups is 1. The zero-order chi connectivity index (χ0) is 24.4. The Morgan fingerprint density at radius 1 is 1.15 bits per heavy atom. The van der Waals surface area contributed by atoms with Crippen molar-refractivity contribution >= 4 is 11.9 Å². The molecule has 33 heavy (non-hydrogen) atoms. The number of benzene rings is 1. The Morgan fingerprint density at radius 2 is 1.82 bits per heavy atom. The molecule has 0 saturated carbocycles. The molecule has 2 rings (SSSR count). The summed E-state index contributed by atoms with van der Waals surface area (Å²) in [6.45, 7) is 2.52. The van der Waals surface area contributed by atoms with E-state index in [4.69, 9.17) is 23.7 Å². The van der Waals surface area contributed by atoms with Crippen LogP contribution in [0, 0.1) is 5.92 Å². The SMILES string of the molecule is CCOC1OC(C(=O)N(C)CC(OC)OC)=CC(c2ccc(C(=O)OC)cc2)C1CCCO. The molecule has 9 heteroatoms. The van der Waals surface area contributed by atoms with Gasteiger partial charge in [0.05, 0.1) is 19.2 Å². The Labute approximate surface area is 195 Å². The van der Waals surface area contributed by atoms with E-state index >= 15 is 0 Å². The van der Waals surface area contributed by atoms with E-state index in [1.165, 1.54) is 26.2 Å². The molecule has 3 atom stereocenters. The number of carbonyl (C=O) groups is 2. The van der Waals surface area contributed by atoms with Gasteiger partial charge in [0, 0.05) is 46.3 Å². The van der Waals surface area contributed by atoms with E-state index in [-0.39, 0.29) is 36.7 Å². The molecule has 1 aromatic rings.